The van der Waals surface area contributed by atoms with Crippen LogP contribution in [0.15, 0.2) is 18.2 Å². The van der Waals surface area contributed by atoms with Crippen LogP contribution in [0.5, 0.6) is 11.5 Å². The second-order valence-electron chi connectivity index (χ2n) is 5.14. The van der Waals surface area contributed by atoms with Gasteiger partial charge in [0.15, 0.2) is 11.5 Å². The summed E-state index contributed by atoms with van der Waals surface area (Å²) in [5.41, 5.74) is 6.96. The fourth-order valence-corrected chi connectivity index (χ4v) is 2.00. The van der Waals surface area contributed by atoms with E-state index in [1.807, 2.05) is 32.0 Å². The highest BCUT2D eigenvalue weighted by Gasteiger charge is 2.18. The molecule has 5 nitrogen and oxygen atoms in total. The number of rotatable bonds is 8. The predicted molar refractivity (Wildman–Crippen MR) is 83.7 cm³/mol. The van der Waals surface area contributed by atoms with Crippen LogP contribution in [0.3, 0.4) is 0 Å². The average Bonchev–Trinajstić information content (AvgIpc) is 2.52. The zero-order chi connectivity index (χ0) is 15.8. The molecular weight excluding hydrogens is 268 g/mol. The highest BCUT2D eigenvalue weighted by Crippen LogP contribution is 2.27. The quantitative estimate of drug-likeness (QED) is 0.766. The van der Waals surface area contributed by atoms with Gasteiger partial charge in [0, 0.05) is 6.54 Å². The van der Waals surface area contributed by atoms with Gasteiger partial charge in [-0.2, -0.15) is 0 Å². The van der Waals surface area contributed by atoms with Gasteiger partial charge in [-0.05, 0) is 30.0 Å². The fraction of sp³-hybridized carbons (Fsp3) is 0.562. The first-order chi connectivity index (χ1) is 10.0. The summed E-state index contributed by atoms with van der Waals surface area (Å²) >= 11 is 0. The van der Waals surface area contributed by atoms with Gasteiger partial charge in [0.05, 0.1) is 20.3 Å². The number of amides is 1. The minimum absolute atomic E-state index is 0.0928. The van der Waals surface area contributed by atoms with Crippen molar-refractivity contribution in [3.8, 4) is 11.5 Å². The third-order valence-electron chi connectivity index (χ3n) is 3.72. The molecule has 2 unspecified atom stereocenters. The van der Waals surface area contributed by atoms with Gasteiger partial charge in [0.1, 0.15) is 0 Å². The molecule has 0 fully saturated rings. The van der Waals surface area contributed by atoms with E-state index in [0.29, 0.717) is 18.0 Å². The van der Waals surface area contributed by atoms with Crippen LogP contribution in [-0.2, 0) is 11.2 Å². The largest absolute Gasteiger partial charge is 0.493 e. The molecule has 0 saturated heterocycles. The second-order valence-corrected chi connectivity index (χ2v) is 5.14. The number of carbonyl (C=O) groups is 1. The molecule has 118 valence electrons. The molecule has 0 radical (unpaired) electrons. The zero-order valence-corrected chi connectivity index (χ0v) is 13.3. The number of benzene rings is 1. The highest BCUT2D eigenvalue weighted by molar-refractivity contribution is 5.81. The topological polar surface area (TPSA) is 73.6 Å². The first-order valence-corrected chi connectivity index (χ1v) is 7.27. The number of methoxy groups -OCH3 is 2. The number of ether oxygens (including phenoxy) is 2. The van der Waals surface area contributed by atoms with Gasteiger partial charge in [0.2, 0.25) is 5.91 Å². The lowest BCUT2D eigenvalue weighted by Gasteiger charge is -2.17. The van der Waals surface area contributed by atoms with Gasteiger partial charge in [0.25, 0.3) is 0 Å². The molecule has 1 aromatic rings. The van der Waals surface area contributed by atoms with Crippen molar-refractivity contribution >= 4 is 5.91 Å². The van der Waals surface area contributed by atoms with Crippen LogP contribution in [0.4, 0.5) is 0 Å². The fourth-order valence-electron chi connectivity index (χ4n) is 2.00. The summed E-state index contributed by atoms with van der Waals surface area (Å²) in [6.07, 6.45) is 1.61. The summed E-state index contributed by atoms with van der Waals surface area (Å²) in [4.78, 5) is 11.9. The number of nitrogens with two attached hydrogens (primary N) is 1. The van der Waals surface area contributed by atoms with E-state index >= 15 is 0 Å². The maximum Gasteiger partial charge on any atom is 0.237 e. The molecule has 1 amide bonds. The molecule has 3 N–H and O–H groups in total. The lowest BCUT2D eigenvalue weighted by Crippen LogP contribution is -2.45. The smallest absolute Gasteiger partial charge is 0.237 e. The monoisotopic (exact) mass is 294 g/mol. The molecule has 1 rings (SSSR count). The number of hydrogen-bond donors (Lipinski definition) is 2. The second kappa shape index (κ2) is 8.52. The first-order valence-electron chi connectivity index (χ1n) is 7.27. The number of carbonyl (C=O) groups excluding carboxylic acids is 1. The van der Waals surface area contributed by atoms with Gasteiger partial charge >= 0.3 is 0 Å². The molecule has 0 spiro atoms. The van der Waals surface area contributed by atoms with Crippen LogP contribution in [0, 0.1) is 5.92 Å². The first kappa shape index (κ1) is 17.3. The van der Waals surface area contributed by atoms with Crippen LogP contribution < -0.4 is 20.5 Å². The Labute approximate surface area is 126 Å². The molecule has 0 aliphatic carbocycles. The van der Waals surface area contributed by atoms with Crippen molar-refractivity contribution in [3.63, 3.8) is 0 Å². The Morgan fingerprint density at radius 3 is 2.52 bits per heavy atom. The van der Waals surface area contributed by atoms with Crippen molar-refractivity contribution in [1.82, 2.24) is 5.32 Å². The van der Waals surface area contributed by atoms with E-state index in [1.165, 1.54) is 0 Å². The lowest BCUT2D eigenvalue weighted by atomic mass is 9.99. The van der Waals surface area contributed by atoms with E-state index in [-0.39, 0.29) is 11.8 Å². The summed E-state index contributed by atoms with van der Waals surface area (Å²) in [7, 11) is 3.21. The Bertz CT molecular complexity index is 463. The Kier molecular flexibility index (Phi) is 7.02. The molecule has 1 aromatic carbocycles. The predicted octanol–water partition coefficient (Wildman–Crippen LogP) is 1.74. The minimum atomic E-state index is -0.444. The standard InChI is InChI=1S/C16H26N2O3/c1-5-11(2)15(17)16(19)18-9-8-12-6-7-13(20-3)14(10-12)21-4/h6-7,10-11,15H,5,8-9,17H2,1-4H3,(H,18,19). The van der Waals surface area contributed by atoms with E-state index in [0.717, 1.165) is 18.4 Å². The molecule has 0 aromatic heterocycles. The van der Waals surface area contributed by atoms with E-state index < -0.39 is 6.04 Å². The Morgan fingerprint density at radius 1 is 1.29 bits per heavy atom. The third kappa shape index (κ3) is 4.93. The molecule has 0 saturated carbocycles. The highest BCUT2D eigenvalue weighted by atomic mass is 16.5. The molecule has 0 aliphatic rings. The van der Waals surface area contributed by atoms with Gasteiger partial charge < -0.3 is 20.5 Å². The molecule has 2 atom stereocenters. The van der Waals surface area contributed by atoms with Crippen molar-refractivity contribution in [2.24, 2.45) is 11.7 Å². The van der Waals surface area contributed by atoms with E-state index in [4.69, 9.17) is 15.2 Å². The van der Waals surface area contributed by atoms with Crippen molar-refractivity contribution in [1.29, 1.82) is 0 Å². The molecule has 5 heteroatoms. The van der Waals surface area contributed by atoms with Crippen molar-refractivity contribution in [2.45, 2.75) is 32.7 Å². The normalized spacial score (nSPS) is 13.4. The summed E-state index contributed by atoms with van der Waals surface area (Å²) in [6.45, 7) is 4.57. The van der Waals surface area contributed by atoms with E-state index in [1.54, 1.807) is 14.2 Å². The SMILES string of the molecule is CCC(C)C(N)C(=O)NCCc1ccc(OC)c(OC)c1. The molecule has 0 heterocycles. The lowest BCUT2D eigenvalue weighted by molar-refractivity contribution is -0.123. The molecule has 0 aliphatic heterocycles. The van der Waals surface area contributed by atoms with Gasteiger partial charge in [-0.15, -0.1) is 0 Å². The summed E-state index contributed by atoms with van der Waals surface area (Å²) in [6, 6.07) is 5.29. The van der Waals surface area contributed by atoms with Crippen LogP contribution in [0.2, 0.25) is 0 Å². The van der Waals surface area contributed by atoms with E-state index in [9.17, 15) is 4.79 Å². The maximum absolute atomic E-state index is 11.9. The summed E-state index contributed by atoms with van der Waals surface area (Å²) in [5, 5.41) is 2.88. The number of hydrogen-bond acceptors (Lipinski definition) is 4. The van der Waals surface area contributed by atoms with Crippen LogP contribution >= 0.6 is 0 Å². The van der Waals surface area contributed by atoms with Crippen molar-refractivity contribution < 1.29 is 14.3 Å². The number of nitrogens with one attached hydrogen (secondary N) is 1. The van der Waals surface area contributed by atoms with E-state index in [2.05, 4.69) is 5.32 Å². The molecule has 21 heavy (non-hydrogen) atoms. The van der Waals surface area contributed by atoms with Gasteiger partial charge in [-0.25, -0.2) is 0 Å². The maximum atomic E-state index is 11.9. The summed E-state index contributed by atoms with van der Waals surface area (Å²) < 4.78 is 10.4. The Morgan fingerprint density at radius 2 is 1.95 bits per heavy atom. The minimum Gasteiger partial charge on any atom is -0.493 e. The third-order valence-corrected chi connectivity index (χ3v) is 3.72. The molecular formula is C16H26N2O3. The van der Waals surface area contributed by atoms with Crippen LogP contribution in [0.1, 0.15) is 25.8 Å². The summed E-state index contributed by atoms with van der Waals surface area (Å²) in [5.74, 6) is 1.48. The average molecular weight is 294 g/mol. The Balaban J connectivity index is 2.51. The van der Waals surface area contributed by atoms with Crippen LogP contribution in [-0.4, -0.2) is 32.7 Å². The van der Waals surface area contributed by atoms with Gasteiger partial charge in [-0.3, -0.25) is 4.79 Å². The van der Waals surface area contributed by atoms with Crippen molar-refractivity contribution in [3.05, 3.63) is 23.8 Å². The van der Waals surface area contributed by atoms with Crippen molar-refractivity contribution in [2.75, 3.05) is 20.8 Å². The zero-order valence-electron chi connectivity index (χ0n) is 13.3. The Hall–Kier alpha value is -1.75. The van der Waals surface area contributed by atoms with Gasteiger partial charge in [-0.1, -0.05) is 26.3 Å². The molecule has 0 bridgehead atoms. The van der Waals surface area contributed by atoms with Crippen LogP contribution in [0.25, 0.3) is 0 Å².